The quantitative estimate of drug-likeness (QED) is 0.338. The summed E-state index contributed by atoms with van der Waals surface area (Å²) in [6, 6.07) is 10.3. The molecule has 0 spiro atoms. The third kappa shape index (κ3) is 6.35. The number of hydrogen-bond donors (Lipinski definition) is 2. The van der Waals surface area contributed by atoms with Crippen molar-refractivity contribution in [2.24, 2.45) is 10.7 Å². The standard InChI is InChI=1S/C17H19BrFN3O2.HI/c1-23-15-6-4-12(10-16(15)24-2)22-17(20)21-8-7-11-3-5-14(19)13(18)9-11;/h3-6,9-10H,7-8H2,1-2H3,(H3,20,21,22);1H. The Kier molecular flexibility index (Phi) is 8.98. The van der Waals surface area contributed by atoms with Crippen molar-refractivity contribution < 1.29 is 13.9 Å². The van der Waals surface area contributed by atoms with Crippen LogP contribution < -0.4 is 20.5 Å². The summed E-state index contributed by atoms with van der Waals surface area (Å²) in [7, 11) is 3.15. The average molecular weight is 524 g/mol. The molecule has 136 valence electrons. The molecule has 0 atom stereocenters. The molecular formula is C17H20BrFIN3O2. The smallest absolute Gasteiger partial charge is 0.193 e. The van der Waals surface area contributed by atoms with Gasteiger partial charge in [-0.25, -0.2) is 4.39 Å². The Morgan fingerprint density at radius 3 is 2.52 bits per heavy atom. The van der Waals surface area contributed by atoms with Gasteiger partial charge < -0.3 is 20.5 Å². The SMILES string of the molecule is COc1ccc(NC(N)=NCCc2ccc(F)c(Br)c2)cc1OC.I. The predicted molar refractivity (Wildman–Crippen MR) is 113 cm³/mol. The summed E-state index contributed by atoms with van der Waals surface area (Å²) in [5, 5.41) is 3.00. The first-order chi connectivity index (χ1) is 11.5. The van der Waals surface area contributed by atoms with Crippen molar-refractivity contribution in [3.63, 3.8) is 0 Å². The number of guanidine groups is 1. The topological polar surface area (TPSA) is 68.9 Å². The zero-order chi connectivity index (χ0) is 17.5. The highest BCUT2D eigenvalue weighted by Crippen LogP contribution is 2.29. The number of nitrogens with zero attached hydrogens (tertiary/aromatic N) is 1. The fourth-order valence-electron chi connectivity index (χ4n) is 2.10. The van der Waals surface area contributed by atoms with Gasteiger partial charge in [0.25, 0.3) is 0 Å². The van der Waals surface area contributed by atoms with E-state index in [0.29, 0.717) is 34.9 Å². The average Bonchev–Trinajstić information content (AvgIpc) is 2.58. The summed E-state index contributed by atoms with van der Waals surface area (Å²) < 4.78 is 24.0. The Bertz CT molecular complexity index is 744. The number of rotatable bonds is 6. The maximum Gasteiger partial charge on any atom is 0.193 e. The maximum absolute atomic E-state index is 13.2. The monoisotopic (exact) mass is 523 g/mol. The predicted octanol–water partition coefficient (Wildman–Crippen LogP) is 4.19. The molecule has 0 unspecified atom stereocenters. The van der Waals surface area contributed by atoms with E-state index in [1.165, 1.54) is 6.07 Å². The molecule has 25 heavy (non-hydrogen) atoms. The van der Waals surface area contributed by atoms with Crippen LogP contribution in [-0.2, 0) is 6.42 Å². The molecule has 2 aromatic rings. The molecule has 0 aliphatic carbocycles. The lowest BCUT2D eigenvalue weighted by molar-refractivity contribution is 0.355. The second-order valence-corrected chi connectivity index (χ2v) is 5.81. The van der Waals surface area contributed by atoms with Crippen molar-refractivity contribution in [1.82, 2.24) is 0 Å². The van der Waals surface area contributed by atoms with Crippen LogP contribution in [0.3, 0.4) is 0 Å². The van der Waals surface area contributed by atoms with E-state index in [9.17, 15) is 4.39 Å². The second kappa shape index (κ2) is 10.4. The highest BCUT2D eigenvalue weighted by Gasteiger charge is 2.05. The minimum absolute atomic E-state index is 0. The van der Waals surface area contributed by atoms with Gasteiger partial charge in [-0.3, -0.25) is 4.99 Å². The summed E-state index contributed by atoms with van der Waals surface area (Å²) >= 11 is 3.17. The highest BCUT2D eigenvalue weighted by molar-refractivity contribution is 14.0. The van der Waals surface area contributed by atoms with Crippen LogP contribution >= 0.6 is 39.9 Å². The molecule has 0 amide bonds. The zero-order valence-electron chi connectivity index (χ0n) is 13.9. The van der Waals surface area contributed by atoms with Crippen LogP contribution in [0.2, 0.25) is 0 Å². The Morgan fingerprint density at radius 1 is 1.16 bits per heavy atom. The van der Waals surface area contributed by atoms with Crippen LogP contribution in [-0.4, -0.2) is 26.7 Å². The number of ether oxygens (including phenoxy) is 2. The van der Waals surface area contributed by atoms with Crippen LogP contribution in [0.25, 0.3) is 0 Å². The van der Waals surface area contributed by atoms with E-state index in [0.717, 1.165) is 11.3 Å². The molecule has 0 fully saturated rings. The van der Waals surface area contributed by atoms with Crippen LogP contribution in [0.4, 0.5) is 10.1 Å². The lowest BCUT2D eigenvalue weighted by Gasteiger charge is -2.11. The minimum Gasteiger partial charge on any atom is -0.493 e. The number of nitrogens with one attached hydrogen (secondary N) is 1. The normalized spacial score (nSPS) is 10.8. The van der Waals surface area contributed by atoms with Gasteiger partial charge in [0.2, 0.25) is 0 Å². The van der Waals surface area contributed by atoms with Crippen molar-refractivity contribution in [3.8, 4) is 11.5 Å². The molecule has 0 aliphatic heterocycles. The number of aliphatic imine (C=N–C) groups is 1. The first kappa shape index (κ1) is 21.5. The molecule has 2 aromatic carbocycles. The summed E-state index contributed by atoms with van der Waals surface area (Å²) in [5.74, 6) is 1.26. The zero-order valence-corrected chi connectivity index (χ0v) is 17.8. The highest BCUT2D eigenvalue weighted by atomic mass is 127. The van der Waals surface area contributed by atoms with Gasteiger partial charge >= 0.3 is 0 Å². The van der Waals surface area contributed by atoms with E-state index in [2.05, 4.69) is 26.2 Å². The number of benzene rings is 2. The number of halogens is 3. The van der Waals surface area contributed by atoms with Gasteiger partial charge in [0, 0.05) is 18.3 Å². The van der Waals surface area contributed by atoms with Gasteiger partial charge in [0.15, 0.2) is 17.5 Å². The first-order valence-corrected chi connectivity index (χ1v) is 8.05. The van der Waals surface area contributed by atoms with Crippen molar-refractivity contribution >= 4 is 51.6 Å². The molecular weight excluding hydrogens is 504 g/mol. The van der Waals surface area contributed by atoms with E-state index in [1.807, 2.05) is 6.07 Å². The number of nitrogens with two attached hydrogens (primary N) is 1. The summed E-state index contributed by atoms with van der Waals surface area (Å²) in [6.45, 7) is 0.490. The molecule has 0 heterocycles. The van der Waals surface area contributed by atoms with Gasteiger partial charge in [-0.2, -0.15) is 0 Å². The third-order valence-corrected chi connectivity index (χ3v) is 3.93. The van der Waals surface area contributed by atoms with Crippen molar-refractivity contribution in [2.75, 3.05) is 26.1 Å². The van der Waals surface area contributed by atoms with Gasteiger partial charge in [-0.05, 0) is 52.2 Å². The summed E-state index contributed by atoms with van der Waals surface area (Å²) in [4.78, 5) is 4.27. The molecule has 5 nitrogen and oxygen atoms in total. The van der Waals surface area contributed by atoms with Crippen molar-refractivity contribution in [2.45, 2.75) is 6.42 Å². The van der Waals surface area contributed by atoms with Crippen LogP contribution in [0, 0.1) is 5.82 Å². The maximum atomic E-state index is 13.2. The number of hydrogen-bond acceptors (Lipinski definition) is 3. The number of methoxy groups -OCH3 is 2. The van der Waals surface area contributed by atoms with E-state index in [4.69, 9.17) is 15.2 Å². The fourth-order valence-corrected chi connectivity index (χ4v) is 2.53. The molecule has 0 saturated heterocycles. The third-order valence-electron chi connectivity index (χ3n) is 3.32. The lowest BCUT2D eigenvalue weighted by atomic mass is 10.1. The summed E-state index contributed by atoms with van der Waals surface area (Å²) in [6.07, 6.45) is 0.660. The van der Waals surface area contributed by atoms with Crippen LogP contribution in [0.1, 0.15) is 5.56 Å². The van der Waals surface area contributed by atoms with E-state index < -0.39 is 0 Å². The molecule has 0 aromatic heterocycles. The van der Waals surface area contributed by atoms with Crippen LogP contribution in [0.15, 0.2) is 45.9 Å². The Morgan fingerprint density at radius 2 is 1.88 bits per heavy atom. The molecule has 0 aliphatic rings. The molecule has 8 heteroatoms. The van der Waals surface area contributed by atoms with E-state index in [-0.39, 0.29) is 29.8 Å². The molecule has 3 N–H and O–H groups in total. The second-order valence-electron chi connectivity index (χ2n) is 4.96. The Hall–Kier alpha value is -1.55. The number of anilines is 1. The minimum atomic E-state index is -0.281. The van der Waals surface area contributed by atoms with Gasteiger partial charge in [-0.1, -0.05) is 6.07 Å². The molecule has 2 rings (SSSR count). The lowest BCUT2D eigenvalue weighted by Crippen LogP contribution is -2.23. The Balaban J connectivity index is 0.00000312. The molecule has 0 saturated carbocycles. The van der Waals surface area contributed by atoms with Gasteiger partial charge in [0.05, 0.1) is 18.7 Å². The van der Waals surface area contributed by atoms with Crippen LogP contribution in [0.5, 0.6) is 11.5 Å². The fraction of sp³-hybridized carbons (Fsp3) is 0.235. The van der Waals surface area contributed by atoms with Gasteiger partial charge in [-0.15, -0.1) is 24.0 Å². The van der Waals surface area contributed by atoms with E-state index in [1.54, 1.807) is 38.5 Å². The first-order valence-electron chi connectivity index (χ1n) is 7.26. The largest absolute Gasteiger partial charge is 0.493 e. The molecule has 0 radical (unpaired) electrons. The Labute approximate surface area is 172 Å². The van der Waals surface area contributed by atoms with Crippen molar-refractivity contribution in [1.29, 1.82) is 0 Å². The molecule has 0 bridgehead atoms. The van der Waals surface area contributed by atoms with E-state index >= 15 is 0 Å². The summed E-state index contributed by atoms with van der Waals surface area (Å²) in [5.41, 5.74) is 7.61. The van der Waals surface area contributed by atoms with Crippen molar-refractivity contribution in [3.05, 3.63) is 52.3 Å². The van der Waals surface area contributed by atoms with Gasteiger partial charge in [0.1, 0.15) is 5.82 Å².